The molecule has 0 N–H and O–H groups in total. The molecule has 0 unspecified atom stereocenters. The van der Waals surface area contributed by atoms with Gasteiger partial charge in [-0.1, -0.05) is 13.8 Å². The first-order valence-corrected chi connectivity index (χ1v) is 8.02. The van der Waals surface area contributed by atoms with E-state index in [1.165, 1.54) is 0 Å². The van der Waals surface area contributed by atoms with Gasteiger partial charge in [0, 0.05) is 6.54 Å². The number of hydrogen-bond donors (Lipinski definition) is 0. The summed E-state index contributed by atoms with van der Waals surface area (Å²) in [7, 11) is 0. The van der Waals surface area contributed by atoms with Crippen LogP contribution in [-0.2, 0) is 11.3 Å². The molecule has 0 aliphatic carbocycles. The predicted molar refractivity (Wildman–Crippen MR) is 86.6 cm³/mol. The Balaban J connectivity index is 2.46. The Morgan fingerprint density at radius 1 is 1.26 bits per heavy atom. The van der Waals surface area contributed by atoms with Crippen LogP contribution in [0.15, 0.2) is 0 Å². The molecular weight excluding hydrogens is 296 g/mol. The molecule has 0 amide bonds. The fourth-order valence-electron chi connectivity index (χ4n) is 2.15. The number of ether oxygens (including phenoxy) is 2. The fraction of sp³-hybridized carbons (Fsp3) is 0.625. The molecule has 126 valence electrons. The van der Waals surface area contributed by atoms with Crippen LogP contribution in [0.4, 0.5) is 0 Å². The van der Waals surface area contributed by atoms with Gasteiger partial charge in [-0.15, -0.1) is 0 Å². The van der Waals surface area contributed by atoms with Gasteiger partial charge in [-0.3, -0.25) is 0 Å². The molecule has 0 radical (unpaired) electrons. The lowest BCUT2D eigenvalue weighted by atomic mass is 10.1. The Hall–Kier alpha value is -2.18. The number of carbonyl (C=O) groups excluding carboxylic acids is 1. The Labute approximate surface area is 136 Å². The summed E-state index contributed by atoms with van der Waals surface area (Å²) >= 11 is 0. The second-order valence-electron chi connectivity index (χ2n) is 5.70. The molecule has 2 heterocycles. The van der Waals surface area contributed by atoms with Gasteiger partial charge in [0.2, 0.25) is 11.6 Å². The van der Waals surface area contributed by atoms with E-state index >= 15 is 0 Å². The van der Waals surface area contributed by atoms with Crippen molar-refractivity contribution in [2.45, 2.75) is 47.6 Å². The highest BCUT2D eigenvalue weighted by molar-refractivity contribution is 5.92. The van der Waals surface area contributed by atoms with Gasteiger partial charge in [0.15, 0.2) is 5.65 Å². The van der Waals surface area contributed by atoms with Crippen molar-refractivity contribution in [3.8, 4) is 5.88 Å². The molecule has 2 aromatic heterocycles. The standard InChI is InChI=1S/C16H24N4O3/c1-6-20-14-12(11(5)19-20)17-13(16(21)22-7-2)15(18-14)23-9-8-10(3)4/h10H,6-9H2,1-5H3. The maximum atomic E-state index is 12.2. The quantitative estimate of drug-likeness (QED) is 0.730. The Kier molecular flexibility index (Phi) is 5.52. The van der Waals surface area contributed by atoms with Crippen molar-refractivity contribution in [3.63, 3.8) is 0 Å². The van der Waals surface area contributed by atoms with E-state index in [9.17, 15) is 4.79 Å². The SMILES string of the molecule is CCOC(=O)c1nc2c(C)nn(CC)c2nc1OCCC(C)C. The third kappa shape index (κ3) is 3.78. The van der Waals surface area contributed by atoms with Gasteiger partial charge in [0.25, 0.3) is 0 Å². The van der Waals surface area contributed by atoms with Crippen LogP contribution in [-0.4, -0.2) is 38.9 Å². The van der Waals surface area contributed by atoms with Crippen molar-refractivity contribution in [2.24, 2.45) is 5.92 Å². The summed E-state index contributed by atoms with van der Waals surface area (Å²) in [5.41, 5.74) is 2.07. The summed E-state index contributed by atoms with van der Waals surface area (Å²) < 4.78 is 12.5. The Morgan fingerprint density at radius 3 is 2.61 bits per heavy atom. The zero-order chi connectivity index (χ0) is 17.0. The molecule has 2 rings (SSSR count). The monoisotopic (exact) mass is 320 g/mol. The van der Waals surface area contributed by atoms with E-state index in [-0.39, 0.29) is 18.2 Å². The number of rotatable bonds is 7. The first-order valence-electron chi connectivity index (χ1n) is 8.02. The minimum absolute atomic E-state index is 0.113. The van der Waals surface area contributed by atoms with Crippen LogP contribution in [0.3, 0.4) is 0 Å². The molecule has 7 heteroatoms. The largest absolute Gasteiger partial charge is 0.476 e. The maximum Gasteiger partial charge on any atom is 0.362 e. The molecule has 0 bridgehead atoms. The lowest BCUT2D eigenvalue weighted by molar-refractivity contribution is 0.0513. The van der Waals surface area contributed by atoms with E-state index in [2.05, 4.69) is 28.9 Å². The summed E-state index contributed by atoms with van der Waals surface area (Å²) in [6.45, 7) is 11.2. The summed E-state index contributed by atoms with van der Waals surface area (Å²) in [4.78, 5) is 21.1. The van der Waals surface area contributed by atoms with Crippen LogP contribution in [0.5, 0.6) is 5.88 Å². The topological polar surface area (TPSA) is 79.1 Å². The predicted octanol–water partition coefficient (Wildman–Crippen LogP) is 2.76. The number of esters is 1. The first kappa shape index (κ1) is 17.2. The van der Waals surface area contributed by atoms with Crippen LogP contribution in [0, 0.1) is 12.8 Å². The van der Waals surface area contributed by atoms with Crippen LogP contribution in [0.2, 0.25) is 0 Å². The third-order valence-corrected chi connectivity index (χ3v) is 3.41. The number of aryl methyl sites for hydroxylation is 2. The van der Waals surface area contributed by atoms with Crippen molar-refractivity contribution < 1.29 is 14.3 Å². The molecule has 7 nitrogen and oxygen atoms in total. The van der Waals surface area contributed by atoms with Crippen molar-refractivity contribution in [1.82, 2.24) is 19.7 Å². The average molecular weight is 320 g/mol. The van der Waals surface area contributed by atoms with E-state index in [4.69, 9.17) is 9.47 Å². The normalized spacial score (nSPS) is 11.2. The molecule has 0 atom stereocenters. The van der Waals surface area contributed by atoms with Gasteiger partial charge in [-0.25, -0.2) is 14.5 Å². The van der Waals surface area contributed by atoms with Gasteiger partial charge >= 0.3 is 5.97 Å². The average Bonchev–Trinajstić information content (AvgIpc) is 2.82. The van der Waals surface area contributed by atoms with Crippen LogP contribution >= 0.6 is 0 Å². The van der Waals surface area contributed by atoms with Gasteiger partial charge in [-0.2, -0.15) is 10.1 Å². The summed E-state index contributed by atoms with van der Waals surface area (Å²) in [5, 5.41) is 4.39. The first-order chi connectivity index (χ1) is 11.0. The summed E-state index contributed by atoms with van der Waals surface area (Å²) in [6, 6.07) is 0. The van der Waals surface area contributed by atoms with Gasteiger partial charge < -0.3 is 9.47 Å². The minimum Gasteiger partial charge on any atom is -0.476 e. The number of hydrogen-bond acceptors (Lipinski definition) is 6. The molecule has 0 spiro atoms. The Morgan fingerprint density at radius 2 is 2.00 bits per heavy atom. The third-order valence-electron chi connectivity index (χ3n) is 3.41. The molecule has 0 saturated heterocycles. The maximum absolute atomic E-state index is 12.2. The number of carbonyl (C=O) groups is 1. The molecule has 0 aliphatic heterocycles. The van der Waals surface area contributed by atoms with E-state index in [0.29, 0.717) is 30.2 Å². The summed E-state index contributed by atoms with van der Waals surface area (Å²) in [6.07, 6.45) is 0.869. The second-order valence-corrected chi connectivity index (χ2v) is 5.70. The van der Waals surface area contributed by atoms with Gasteiger partial charge in [0.1, 0.15) is 5.52 Å². The Bertz CT molecular complexity index is 694. The smallest absolute Gasteiger partial charge is 0.362 e. The molecule has 0 saturated carbocycles. The molecule has 0 fully saturated rings. The highest BCUT2D eigenvalue weighted by Crippen LogP contribution is 2.22. The van der Waals surface area contributed by atoms with Crippen LogP contribution in [0.1, 0.15) is 50.3 Å². The van der Waals surface area contributed by atoms with E-state index in [0.717, 1.165) is 12.1 Å². The van der Waals surface area contributed by atoms with Gasteiger partial charge in [0.05, 0.1) is 18.9 Å². The summed E-state index contributed by atoms with van der Waals surface area (Å²) in [5.74, 6) is 0.192. The van der Waals surface area contributed by atoms with Crippen molar-refractivity contribution in [2.75, 3.05) is 13.2 Å². The highest BCUT2D eigenvalue weighted by atomic mass is 16.5. The number of aromatic nitrogens is 4. The van der Waals surface area contributed by atoms with E-state index in [1.807, 2.05) is 13.8 Å². The van der Waals surface area contributed by atoms with E-state index in [1.54, 1.807) is 11.6 Å². The zero-order valence-electron chi connectivity index (χ0n) is 14.4. The van der Waals surface area contributed by atoms with Crippen LogP contribution < -0.4 is 4.74 Å². The molecule has 0 aromatic carbocycles. The second kappa shape index (κ2) is 7.39. The molecule has 2 aromatic rings. The fourth-order valence-corrected chi connectivity index (χ4v) is 2.15. The molecule has 23 heavy (non-hydrogen) atoms. The molecule has 0 aliphatic rings. The van der Waals surface area contributed by atoms with Crippen molar-refractivity contribution in [3.05, 3.63) is 11.4 Å². The van der Waals surface area contributed by atoms with Crippen molar-refractivity contribution in [1.29, 1.82) is 0 Å². The van der Waals surface area contributed by atoms with Crippen LogP contribution in [0.25, 0.3) is 11.2 Å². The van der Waals surface area contributed by atoms with Crippen molar-refractivity contribution >= 4 is 17.1 Å². The lowest BCUT2D eigenvalue weighted by Gasteiger charge is -2.11. The van der Waals surface area contributed by atoms with Gasteiger partial charge in [-0.05, 0) is 33.1 Å². The zero-order valence-corrected chi connectivity index (χ0v) is 14.4. The molecular formula is C16H24N4O3. The minimum atomic E-state index is -0.523. The number of nitrogens with zero attached hydrogens (tertiary/aromatic N) is 4. The number of fused-ring (bicyclic) bond motifs is 1. The highest BCUT2D eigenvalue weighted by Gasteiger charge is 2.22. The lowest BCUT2D eigenvalue weighted by Crippen LogP contribution is -2.13. The van der Waals surface area contributed by atoms with E-state index < -0.39 is 5.97 Å².